The lowest BCUT2D eigenvalue weighted by molar-refractivity contribution is 0.618. The van der Waals surface area contributed by atoms with Crippen LogP contribution in [0.4, 0.5) is 4.39 Å². The van der Waals surface area contributed by atoms with Crippen molar-refractivity contribution in [2.75, 3.05) is 0 Å². The van der Waals surface area contributed by atoms with Crippen LogP contribution >= 0.6 is 11.6 Å². The first-order valence-electron chi connectivity index (χ1n) is 6.20. The van der Waals surface area contributed by atoms with Crippen LogP contribution in [0.2, 0.25) is 5.15 Å². The SMILES string of the molecule is Cc1cc(-c2nc(C)c(C(C)C)c(Cl)n2)ccc1F. The molecule has 0 aliphatic rings. The fourth-order valence-corrected chi connectivity index (χ4v) is 2.55. The van der Waals surface area contributed by atoms with Crippen molar-refractivity contribution in [1.29, 1.82) is 0 Å². The van der Waals surface area contributed by atoms with E-state index in [9.17, 15) is 4.39 Å². The fourth-order valence-electron chi connectivity index (χ4n) is 2.12. The van der Waals surface area contributed by atoms with Crippen LogP contribution in [0.1, 0.15) is 36.6 Å². The Morgan fingerprint density at radius 1 is 1.16 bits per heavy atom. The molecule has 0 amide bonds. The van der Waals surface area contributed by atoms with E-state index in [2.05, 4.69) is 23.8 Å². The van der Waals surface area contributed by atoms with Crippen LogP contribution in [-0.2, 0) is 0 Å². The Morgan fingerprint density at radius 2 is 1.84 bits per heavy atom. The quantitative estimate of drug-likeness (QED) is 0.746. The van der Waals surface area contributed by atoms with Crippen LogP contribution in [0, 0.1) is 19.7 Å². The van der Waals surface area contributed by atoms with Gasteiger partial charge in [-0.3, -0.25) is 0 Å². The van der Waals surface area contributed by atoms with Crippen LogP contribution in [-0.4, -0.2) is 9.97 Å². The highest BCUT2D eigenvalue weighted by Gasteiger charge is 2.14. The molecule has 1 aromatic carbocycles. The van der Waals surface area contributed by atoms with Gasteiger partial charge in [-0.1, -0.05) is 25.4 Å². The summed E-state index contributed by atoms with van der Waals surface area (Å²) >= 11 is 6.23. The molecule has 0 unspecified atom stereocenters. The van der Waals surface area contributed by atoms with Gasteiger partial charge in [-0.15, -0.1) is 0 Å². The van der Waals surface area contributed by atoms with Gasteiger partial charge < -0.3 is 0 Å². The lowest BCUT2D eigenvalue weighted by Gasteiger charge is -2.12. The summed E-state index contributed by atoms with van der Waals surface area (Å²) in [5, 5.41) is 0.472. The van der Waals surface area contributed by atoms with Crippen molar-refractivity contribution in [3.63, 3.8) is 0 Å². The predicted molar refractivity (Wildman–Crippen MR) is 76.0 cm³/mol. The molecule has 0 saturated carbocycles. The number of nitrogens with zero attached hydrogens (tertiary/aromatic N) is 2. The largest absolute Gasteiger partial charge is 0.233 e. The monoisotopic (exact) mass is 278 g/mol. The molecule has 2 aromatic rings. The molecular formula is C15H16ClFN2. The molecule has 0 atom stereocenters. The zero-order chi connectivity index (χ0) is 14.2. The van der Waals surface area contributed by atoms with E-state index in [1.54, 1.807) is 19.1 Å². The molecule has 0 aliphatic carbocycles. The Labute approximate surface area is 117 Å². The molecular weight excluding hydrogens is 263 g/mol. The number of rotatable bonds is 2. The van der Waals surface area contributed by atoms with Crippen LogP contribution in [0.25, 0.3) is 11.4 Å². The molecule has 0 aliphatic heterocycles. The van der Waals surface area contributed by atoms with Crippen molar-refractivity contribution in [2.24, 2.45) is 0 Å². The summed E-state index contributed by atoms with van der Waals surface area (Å²) in [4.78, 5) is 8.81. The number of halogens is 2. The summed E-state index contributed by atoms with van der Waals surface area (Å²) in [7, 11) is 0. The summed E-state index contributed by atoms with van der Waals surface area (Å²) in [6, 6.07) is 4.82. The van der Waals surface area contributed by atoms with Crippen molar-refractivity contribution in [2.45, 2.75) is 33.6 Å². The van der Waals surface area contributed by atoms with E-state index in [-0.39, 0.29) is 11.7 Å². The number of hydrogen-bond donors (Lipinski definition) is 0. The summed E-state index contributed by atoms with van der Waals surface area (Å²) in [5.74, 6) is 0.580. The van der Waals surface area contributed by atoms with Gasteiger partial charge in [0.25, 0.3) is 0 Å². The van der Waals surface area contributed by atoms with E-state index >= 15 is 0 Å². The Bertz CT molecular complexity index is 601. The molecule has 19 heavy (non-hydrogen) atoms. The number of aryl methyl sites for hydroxylation is 2. The molecule has 0 spiro atoms. The molecule has 2 rings (SSSR count). The van der Waals surface area contributed by atoms with E-state index in [0.717, 1.165) is 16.8 Å². The highest BCUT2D eigenvalue weighted by molar-refractivity contribution is 6.30. The van der Waals surface area contributed by atoms with Gasteiger partial charge in [0.1, 0.15) is 11.0 Å². The molecule has 1 aromatic heterocycles. The van der Waals surface area contributed by atoms with Gasteiger partial charge in [0, 0.05) is 16.8 Å². The number of benzene rings is 1. The van der Waals surface area contributed by atoms with Crippen molar-refractivity contribution in [3.8, 4) is 11.4 Å². The predicted octanol–water partition coefficient (Wildman–Crippen LogP) is 4.68. The maximum Gasteiger partial charge on any atom is 0.161 e. The molecule has 0 N–H and O–H groups in total. The third kappa shape index (κ3) is 2.76. The maximum absolute atomic E-state index is 13.3. The maximum atomic E-state index is 13.3. The highest BCUT2D eigenvalue weighted by Crippen LogP contribution is 2.28. The smallest absolute Gasteiger partial charge is 0.161 e. The highest BCUT2D eigenvalue weighted by atomic mass is 35.5. The summed E-state index contributed by atoms with van der Waals surface area (Å²) < 4.78 is 13.3. The van der Waals surface area contributed by atoms with Gasteiger partial charge in [0.2, 0.25) is 0 Å². The van der Waals surface area contributed by atoms with Gasteiger partial charge in [0.05, 0.1) is 0 Å². The minimum absolute atomic E-state index is 0.231. The van der Waals surface area contributed by atoms with Gasteiger partial charge in [0.15, 0.2) is 5.82 Å². The van der Waals surface area contributed by atoms with Crippen LogP contribution < -0.4 is 0 Å². The van der Waals surface area contributed by atoms with Gasteiger partial charge >= 0.3 is 0 Å². The minimum Gasteiger partial charge on any atom is -0.233 e. The second-order valence-electron chi connectivity index (χ2n) is 4.96. The second-order valence-corrected chi connectivity index (χ2v) is 5.31. The van der Waals surface area contributed by atoms with Gasteiger partial charge in [-0.05, 0) is 43.5 Å². The third-order valence-electron chi connectivity index (χ3n) is 3.08. The standard InChI is InChI=1S/C15H16ClFN2/c1-8(2)13-10(4)18-15(19-14(13)16)11-5-6-12(17)9(3)7-11/h5-8H,1-4H3. The zero-order valence-corrected chi connectivity index (χ0v) is 12.2. The minimum atomic E-state index is -0.231. The first-order valence-corrected chi connectivity index (χ1v) is 6.58. The Balaban J connectivity index is 2.55. The van der Waals surface area contributed by atoms with Crippen molar-refractivity contribution in [1.82, 2.24) is 9.97 Å². The van der Waals surface area contributed by atoms with E-state index < -0.39 is 0 Å². The average Bonchev–Trinajstić information content (AvgIpc) is 2.31. The van der Waals surface area contributed by atoms with Crippen molar-refractivity contribution < 1.29 is 4.39 Å². The first kappa shape index (κ1) is 13.9. The Hall–Kier alpha value is -1.48. The van der Waals surface area contributed by atoms with E-state index in [1.807, 2.05) is 6.92 Å². The number of aromatic nitrogens is 2. The molecule has 100 valence electrons. The Kier molecular flexibility index (Phi) is 3.85. The summed E-state index contributed by atoms with van der Waals surface area (Å²) in [6.45, 7) is 7.75. The van der Waals surface area contributed by atoms with Gasteiger partial charge in [-0.25, -0.2) is 14.4 Å². The molecule has 0 saturated heterocycles. The number of hydrogen-bond acceptors (Lipinski definition) is 2. The van der Waals surface area contributed by atoms with E-state index in [4.69, 9.17) is 11.6 Å². The summed E-state index contributed by atoms with van der Waals surface area (Å²) in [5.41, 5.74) is 3.18. The normalized spacial score (nSPS) is 11.1. The second kappa shape index (κ2) is 5.25. The lowest BCUT2D eigenvalue weighted by Crippen LogP contribution is -2.02. The van der Waals surface area contributed by atoms with Crippen LogP contribution in [0.15, 0.2) is 18.2 Å². The molecule has 1 heterocycles. The first-order chi connectivity index (χ1) is 8.90. The molecule has 0 fully saturated rings. The fraction of sp³-hybridized carbons (Fsp3) is 0.333. The van der Waals surface area contributed by atoms with Gasteiger partial charge in [-0.2, -0.15) is 0 Å². The van der Waals surface area contributed by atoms with Crippen molar-refractivity contribution in [3.05, 3.63) is 46.0 Å². The third-order valence-corrected chi connectivity index (χ3v) is 3.37. The van der Waals surface area contributed by atoms with E-state index in [1.165, 1.54) is 6.07 Å². The Morgan fingerprint density at radius 3 is 2.37 bits per heavy atom. The van der Waals surface area contributed by atoms with Crippen molar-refractivity contribution >= 4 is 11.6 Å². The average molecular weight is 279 g/mol. The van der Waals surface area contributed by atoms with Crippen LogP contribution in [0.3, 0.4) is 0 Å². The van der Waals surface area contributed by atoms with E-state index in [0.29, 0.717) is 16.5 Å². The summed E-state index contributed by atoms with van der Waals surface area (Å²) in [6.07, 6.45) is 0. The molecule has 0 bridgehead atoms. The molecule has 2 nitrogen and oxygen atoms in total. The topological polar surface area (TPSA) is 25.8 Å². The van der Waals surface area contributed by atoms with Crippen LogP contribution in [0.5, 0.6) is 0 Å². The molecule has 4 heteroatoms. The molecule has 0 radical (unpaired) electrons. The lowest BCUT2D eigenvalue weighted by atomic mass is 10.0. The zero-order valence-electron chi connectivity index (χ0n) is 11.5.